The lowest BCUT2D eigenvalue weighted by Crippen LogP contribution is -2.21. The van der Waals surface area contributed by atoms with E-state index in [1.807, 2.05) is 36.1 Å². The Balaban J connectivity index is 1.62. The highest BCUT2D eigenvalue weighted by Gasteiger charge is 2.19. The molecule has 2 aromatic rings. The number of pyridine rings is 1. The highest BCUT2D eigenvalue weighted by atomic mass is 16.7. The summed E-state index contributed by atoms with van der Waals surface area (Å²) in [5.41, 5.74) is 0.982. The van der Waals surface area contributed by atoms with Gasteiger partial charge in [-0.1, -0.05) is 6.08 Å². The van der Waals surface area contributed by atoms with Crippen molar-refractivity contribution in [1.29, 1.82) is 0 Å². The molecule has 18 heavy (non-hydrogen) atoms. The second-order valence-electron chi connectivity index (χ2n) is 4.14. The number of hydrogen-bond donors (Lipinski definition) is 0. The van der Waals surface area contributed by atoms with Crippen LogP contribution in [0.3, 0.4) is 0 Å². The van der Waals surface area contributed by atoms with Gasteiger partial charge < -0.3 is 4.57 Å². The third-order valence-electron chi connectivity index (χ3n) is 2.98. The van der Waals surface area contributed by atoms with Gasteiger partial charge in [0.15, 0.2) is 0 Å². The second kappa shape index (κ2) is 4.62. The van der Waals surface area contributed by atoms with Crippen molar-refractivity contribution < 1.29 is 4.84 Å². The van der Waals surface area contributed by atoms with Crippen LogP contribution in [0.15, 0.2) is 43.0 Å². The Morgan fingerprint density at radius 3 is 3.00 bits per heavy atom. The summed E-state index contributed by atoms with van der Waals surface area (Å²) in [6.45, 7) is 0.576. The Morgan fingerprint density at radius 1 is 1.33 bits per heavy atom. The number of hydrogen-bond acceptors (Lipinski definition) is 4. The van der Waals surface area contributed by atoms with Crippen LogP contribution in [0.5, 0.6) is 0 Å². The van der Waals surface area contributed by atoms with Crippen molar-refractivity contribution in [2.24, 2.45) is 0 Å². The number of aromatic nitrogens is 3. The predicted molar refractivity (Wildman–Crippen MR) is 68.9 cm³/mol. The van der Waals surface area contributed by atoms with Crippen LogP contribution < -0.4 is 5.06 Å². The molecule has 5 nitrogen and oxygen atoms in total. The molecule has 0 amide bonds. The normalized spacial score (nSPS) is 16.8. The van der Waals surface area contributed by atoms with E-state index in [0.717, 1.165) is 11.5 Å². The zero-order chi connectivity index (χ0) is 12.4. The largest absolute Gasteiger partial charge is 0.310 e. The van der Waals surface area contributed by atoms with Gasteiger partial charge in [-0.3, -0.25) is 14.9 Å². The maximum atomic E-state index is 5.74. The van der Waals surface area contributed by atoms with E-state index in [0.29, 0.717) is 6.61 Å². The van der Waals surface area contributed by atoms with E-state index in [2.05, 4.69) is 16.0 Å². The maximum absolute atomic E-state index is 5.74. The van der Waals surface area contributed by atoms with Crippen molar-refractivity contribution in [3.8, 4) is 0 Å². The number of fused-ring (bicyclic) bond motifs is 1. The summed E-state index contributed by atoms with van der Waals surface area (Å²) in [4.78, 5) is 14.0. The van der Waals surface area contributed by atoms with Gasteiger partial charge in [0.1, 0.15) is 5.82 Å². The number of rotatable bonds is 4. The van der Waals surface area contributed by atoms with E-state index in [1.54, 1.807) is 23.7 Å². The van der Waals surface area contributed by atoms with Gasteiger partial charge in [-0.05, 0) is 12.1 Å². The molecule has 1 aliphatic heterocycles. The van der Waals surface area contributed by atoms with Crippen molar-refractivity contribution in [2.45, 2.75) is 5.92 Å². The van der Waals surface area contributed by atoms with Gasteiger partial charge in [-0.2, -0.15) is 0 Å². The molecule has 0 aliphatic carbocycles. The smallest absolute Gasteiger partial charge is 0.122 e. The van der Waals surface area contributed by atoms with Gasteiger partial charge in [0.25, 0.3) is 0 Å². The lowest BCUT2D eigenvalue weighted by molar-refractivity contribution is 0.116. The summed E-state index contributed by atoms with van der Waals surface area (Å²) in [6.07, 6.45) is 11.4. The molecule has 0 fully saturated rings. The summed E-state index contributed by atoms with van der Waals surface area (Å²) in [5.74, 6) is 1.24. The van der Waals surface area contributed by atoms with Crippen molar-refractivity contribution in [3.05, 3.63) is 48.8 Å². The second-order valence-corrected chi connectivity index (χ2v) is 4.14. The first-order valence-electron chi connectivity index (χ1n) is 5.82. The fourth-order valence-corrected chi connectivity index (χ4v) is 1.97. The van der Waals surface area contributed by atoms with Gasteiger partial charge in [0.05, 0.1) is 18.2 Å². The quantitative estimate of drug-likeness (QED) is 0.768. The number of hydroxylamine groups is 1. The maximum Gasteiger partial charge on any atom is 0.122 e. The van der Waals surface area contributed by atoms with E-state index < -0.39 is 0 Å². The zero-order valence-electron chi connectivity index (χ0n) is 10.1. The molecule has 0 N–H and O–H groups in total. The molecule has 5 heteroatoms. The average Bonchev–Trinajstić information content (AvgIpc) is 3.00. The van der Waals surface area contributed by atoms with Crippen molar-refractivity contribution in [2.75, 3.05) is 18.7 Å². The number of anilines is 1. The van der Waals surface area contributed by atoms with Crippen LogP contribution in [0, 0.1) is 0 Å². The molecule has 0 aromatic carbocycles. The van der Waals surface area contributed by atoms with Crippen molar-refractivity contribution in [1.82, 2.24) is 14.5 Å². The van der Waals surface area contributed by atoms with Gasteiger partial charge >= 0.3 is 0 Å². The van der Waals surface area contributed by atoms with Crippen LogP contribution in [0.2, 0.25) is 0 Å². The summed E-state index contributed by atoms with van der Waals surface area (Å²) >= 11 is 0. The predicted octanol–water partition coefficient (Wildman–Crippen LogP) is 1.91. The van der Waals surface area contributed by atoms with E-state index >= 15 is 0 Å². The minimum absolute atomic E-state index is 0.212. The van der Waals surface area contributed by atoms with Gasteiger partial charge in [-0.25, -0.2) is 4.98 Å². The lowest BCUT2D eigenvalue weighted by atomic mass is 10.2. The summed E-state index contributed by atoms with van der Waals surface area (Å²) in [5, 5.41) is 1.75. The molecule has 0 saturated carbocycles. The van der Waals surface area contributed by atoms with E-state index in [4.69, 9.17) is 4.84 Å². The minimum Gasteiger partial charge on any atom is -0.310 e. The molecule has 2 aromatic heterocycles. The Labute approximate surface area is 105 Å². The summed E-state index contributed by atoms with van der Waals surface area (Å²) in [6, 6.07) is 3.82. The van der Waals surface area contributed by atoms with Crippen LogP contribution in [0.4, 0.5) is 5.69 Å². The van der Waals surface area contributed by atoms with Crippen LogP contribution in [0.25, 0.3) is 6.20 Å². The first-order chi connectivity index (χ1) is 8.84. The highest BCUT2D eigenvalue weighted by Crippen LogP contribution is 2.23. The molecule has 3 heterocycles. The topological polar surface area (TPSA) is 43.2 Å². The zero-order valence-corrected chi connectivity index (χ0v) is 10.1. The SMILES string of the molecule is CN(OCC1C=Cn2ccnc21)c1ccncc1. The Hall–Kier alpha value is -2.14. The summed E-state index contributed by atoms with van der Waals surface area (Å²) in [7, 11) is 1.89. The monoisotopic (exact) mass is 242 g/mol. The van der Waals surface area contributed by atoms with Crippen molar-refractivity contribution in [3.63, 3.8) is 0 Å². The van der Waals surface area contributed by atoms with Gasteiger partial charge in [0.2, 0.25) is 0 Å². The fourth-order valence-electron chi connectivity index (χ4n) is 1.97. The molecule has 0 bridgehead atoms. The van der Waals surface area contributed by atoms with Crippen LogP contribution in [-0.4, -0.2) is 28.2 Å². The fraction of sp³-hybridized carbons (Fsp3) is 0.231. The van der Waals surface area contributed by atoms with Gasteiger partial charge in [-0.15, -0.1) is 0 Å². The molecular formula is C13H14N4O. The number of nitrogens with zero attached hydrogens (tertiary/aromatic N) is 4. The highest BCUT2D eigenvalue weighted by molar-refractivity contribution is 5.41. The average molecular weight is 242 g/mol. The summed E-state index contributed by atoms with van der Waals surface area (Å²) < 4.78 is 2.01. The first-order valence-corrected chi connectivity index (χ1v) is 5.82. The molecule has 3 rings (SSSR count). The Kier molecular flexibility index (Phi) is 2.82. The van der Waals surface area contributed by atoms with Crippen LogP contribution in [-0.2, 0) is 4.84 Å². The number of imidazole rings is 1. The first kappa shape index (κ1) is 11.0. The molecule has 92 valence electrons. The standard InChI is InChI=1S/C13H14N4O/c1-16(12-2-5-14-6-3-12)18-10-11-4-8-17-9-7-15-13(11)17/h2-9,11H,10H2,1H3. The van der Waals surface area contributed by atoms with Crippen LogP contribution in [0.1, 0.15) is 11.7 Å². The third kappa shape index (κ3) is 2.00. The third-order valence-corrected chi connectivity index (χ3v) is 2.98. The molecular weight excluding hydrogens is 228 g/mol. The molecule has 0 radical (unpaired) electrons. The van der Waals surface area contributed by atoms with Crippen LogP contribution >= 0.6 is 0 Å². The van der Waals surface area contributed by atoms with E-state index in [-0.39, 0.29) is 5.92 Å². The Morgan fingerprint density at radius 2 is 2.17 bits per heavy atom. The molecule has 1 aliphatic rings. The Bertz CT molecular complexity index is 549. The molecule has 1 atom stereocenters. The minimum atomic E-state index is 0.212. The van der Waals surface area contributed by atoms with E-state index in [1.165, 1.54) is 0 Å². The lowest BCUT2D eigenvalue weighted by Gasteiger charge is -2.20. The van der Waals surface area contributed by atoms with Gasteiger partial charge in [0, 0.05) is 38.0 Å². The van der Waals surface area contributed by atoms with Crippen molar-refractivity contribution >= 4 is 11.9 Å². The molecule has 0 spiro atoms. The van der Waals surface area contributed by atoms with E-state index in [9.17, 15) is 0 Å². The molecule has 1 unspecified atom stereocenters. The molecule has 0 saturated heterocycles.